The fourth-order valence-corrected chi connectivity index (χ4v) is 8.05. The molecule has 0 N–H and O–H groups in total. The number of carbonyl (C=O) groups excluding carboxylic acids is 2. The minimum atomic E-state index is -0.656. The van der Waals surface area contributed by atoms with E-state index in [-0.39, 0.29) is 35.4 Å². The van der Waals surface area contributed by atoms with Crippen molar-refractivity contribution in [3.05, 3.63) is 12.2 Å². The Balaban J connectivity index is 1.25. The van der Waals surface area contributed by atoms with Gasteiger partial charge in [0.05, 0.1) is 37.3 Å². The Morgan fingerprint density at radius 3 is 1.07 bits per heavy atom. The summed E-state index contributed by atoms with van der Waals surface area (Å²) in [4.78, 5) is 30.0. The molecular weight excluding hydrogens is 588 g/mol. The maximum Gasteiger partial charge on any atom is 0.331 e. The van der Waals surface area contributed by atoms with E-state index in [2.05, 4.69) is 79.3 Å². The van der Waals surface area contributed by atoms with Gasteiger partial charge >= 0.3 is 11.9 Å². The van der Waals surface area contributed by atoms with E-state index in [1.54, 1.807) is 0 Å². The average molecular weight is 651 g/mol. The maximum atomic E-state index is 12.6. The molecule has 0 aromatic heterocycles. The molecule has 0 atom stereocenters. The first-order chi connectivity index (χ1) is 21.1. The number of likely N-dealkylation sites (tertiary alicyclic amines) is 2. The van der Waals surface area contributed by atoms with Crippen molar-refractivity contribution in [1.82, 2.24) is 9.80 Å². The van der Waals surface area contributed by atoms with Crippen LogP contribution in [0.25, 0.3) is 0 Å². The molecule has 2 spiro atoms. The van der Waals surface area contributed by atoms with E-state index in [1.165, 1.54) is 0 Å². The molecule has 0 aromatic carbocycles. The van der Waals surface area contributed by atoms with Gasteiger partial charge < -0.3 is 28.4 Å². The van der Waals surface area contributed by atoms with E-state index in [4.69, 9.17) is 28.4 Å². The standard InChI is InChI=1S/C36H62N2O8/c1-13-33(23-43-35(44-24-33)17-29(3,4)37(11)30(5,6)18-35)21-41-27(39)15-16-28(40)42-22-34(14-2)25-45-36(46-26-34)19-31(7,8)38(12)32(9,10)20-36/h15-16H,13-14,17-26H2,1-12H3/b16-15+. The predicted octanol–water partition coefficient (Wildman–Crippen LogP) is 5.47. The Hall–Kier alpha value is -1.56. The zero-order chi connectivity index (χ0) is 34.5. The largest absolute Gasteiger partial charge is 0.462 e. The summed E-state index contributed by atoms with van der Waals surface area (Å²) < 4.78 is 37.1. The Morgan fingerprint density at radius 1 is 0.565 bits per heavy atom. The Bertz CT molecular complexity index is 1010. The summed E-state index contributed by atoms with van der Waals surface area (Å²) in [5.41, 5.74) is -1.24. The van der Waals surface area contributed by atoms with E-state index in [9.17, 15) is 9.59 Å². The van der Waals surface area contributed by atoms with Gasteiger partial charge in [0.2, 0.25) is 0 Å². The maximum absolute atomic E-state index is 12.6. The SMILES string of the molecule is CCC1(COC(=O)/C=C/C(=O)OCC2(CC)COC3(CC(C)(C)N(C)C(C)(C)C3)OC2)COC2(CC(C)(C)N(C)C(C)(C)C2)OC1. The topological polar surface area (TPSA) is 96.0 Å². The van der Waals surface area contributed by atoms with Gasteiger partial charge in [-0.1, -0.05) is 13.8 Å². The molecule has 264 valence electrons. The number of esters is 2. The highest BCUT2D eigenvalue weighted by Gasteiger charge is 2.57. The van der Waals surface area contributed by atoms with Gasteiger partial charge in [-0.25, -0.2) is 9.59 Å². The van der Waals surface area contributed by atoms with Crippen molar-refractivity contribution >= 4 is 11.9 Å². The van der Waals surface area contributed by atoms with E-state index >= 15 is 0 Å². The van der Waals surface area contributed by atoms with Crippen molar-refractivity contribution in [3.63, 3.8) is 0 Å². The summed E-state index contributed by atoms with van der Waals surface area (Å²) in [5, 5.41) is 0. The summed E-state index contributed by atoms with van der Waals surface area (Å²) >= 11 is 0. The Labute approximate surface area is 277 Å². The lowest BCUT2D eigenvalue weighted by Gasteiger charge is -2.59. The van der Waals surface area contributed by atoms with Crippen molar-refractivity contribution in [3.8, 4) is 0 Å². The number of piperidine rings is 2. The van der Waals surface area contributed by atoms with Gasteiger partial charge in [0.15, 0.2) is 11.6 Å². The van der Waals surface area contributed by atoms with Crippen molar-refractivity contribution < 1.29 is 38.0 Å². The number of rotatable bonds is 8. The first-order valence-corrected chi connectivity index (χ1v) is 17.1. The molecule has 4 heterocycles. The van der Waals surface area contributed by atoms with Gasteiger partial charge in [0.1, 0.15) is 13.2 Å². The van der Waals surface area contributed by atoms with E-state index in [0.29, 0.717) is 26.4 Å². The van der Waals surface area contributed by atoms with Crippen molar-refractivity contribution in [2.75, 3.05) is 53.7 Å². The molecule has 4 rings (SSSR count). The lowest BCUT2D eigenvalue weighted by Crippen LogP contribution is -2.67. The van der Waals surface area contributed by atoms with Gasteiger partial charge in [-0.15, -0.1) is 0 Å². The molecule has 0 aliphatic carbocycles. The van der Waals surface area contributed by atoms with E-state index < -0.39 is 34.3 Å². The van der Waals surface area contributed by atoms with Crippen molar-refractivity contribution in [1.29, 1.82) is 0 Å². The van der Waals surface area contributed by atoms with Crippen LogP contribution in [0.2, 0.25) is 0 Å². The fourth-order valence-electron chi connectivity index (χ4n) is 8.05. The molecular formula is C36H62N2O8. The van der Waals surface area contributed by atoms with Crippen LogP contribution in [0.5, 0.6) is 0 Å². The van der Waals surface area contributed by atoms with Gasteiger partial charge in [0, 0.05) is 60.0 Å². The van der Waals surface area contributed by atoms with Crippen LogP contribution in [0.15, 0.2) is 12.2 Å². The van der Waals surface area contributed by atoms with E-state index in [1.807, 2.05) is 13.8 Å². The Kier molecular flexibility index (Phi) is 10.3. The monoisotopic (exact) mass is 650 g/mol. The molecule has 10 nitrogen and oxygen atoms in total. The van der Waals surface area contributed by atoms with Gasteiger partial charge in [0.25, 0.3) is 0 Å². The summed E-state index contributed by atoms with van der Waals surface area (Å²) in [6.45, 7) is 23.9. The first kappa shape index (κ1) is 37.3. The molecule has 0 aromatic rings. The molecule has 10 heteroatoms. The summed E-state index contributed by atoms with van der Waals surface area (Å²) in [6, 6.07) is 0. The third-order valence-corrected chi connectivity index (χ3v) is 11.9. The van der Waals surface area contributed by atoms with Crippen LogP contribution < -0.4 is 0 Å². The van der Waals surface area contributed by atoms with Crippen LogP contribution in [0.4, 0.5) is 0 Å². The van der Waals surface area contributed by atoms with Crippen LogP contribution in [-0.4, -0.2) is 109 Å². The first-order valence-electron chi connectivity index (χ1n) is 17.1. The second-order valence-electron chi connectivity index (χ2n) is 17.3. The molecule has 0 amide bonds. The summed E-state index contributed by atoms with van der Waals surface area (Å²) in [5.74, 6) is -2.51. The third-order valence-electron chi connectivity index (χ3n) is 11.9. The number of nitrogens with zero attached hydrogens (tertiary/aromatic N) is 2. The van der Waals surface area contributed by atoms with Gasteiger partial charge in [-0.3, -0.25) is 9.80 Å². The third kappa shape index (κ3) is 7.68. The van der Waals surface area contributed by atoms with Gasteiger partial charge in [-0.05, 0) is 82.3 Å². The van der Waals surface area contributed by atoms with Crippen molar-refractivity contribution in [2.45, 2.75) is 141 Å². The Morgan fingerprint density at radius 2 is 0.826 bits per heavy atom. The molecule has 4 saturated heterocycles. The minimum absolute atomic E-state index is 0.0864. The van der Waals surface area contributed by atoms with Gasteiger partial charge in [-0.2, -0.15) is 0 Å². The second kappa shape index (κ2) is 12.7. The minimum Gasteiger partial charge on any atom is -0.462 e. The van der Waals surface area contributed by atoms with Crippen LogP contribution in [0.1, 0.15) is 108 Å². The highest BCUT2D eigenvalue weighted by atomic mass is 16.7. The second-order valence-corrected chi connectivity index (χ2v) is 17.3. The molecule has 0 bridgehead atoms. The van der Waals surface area contributed by atoms with Crippen LogP contribution >= 0.6 is 0 Å². The lowest BCUT2D eigenvalue weighted by atomic mass is 9.75. The zero-order valence-electron chi connectivity index (χ0n) is 30.8. The normalized spacial score (nSPS) is 29.0. The molecule has 4 fully saturated rings. The molecule has 4 aliphatic rings. The lowest BCUT2D eigenvalue weighted by molar-refractivity contribution is -0.344. The predicted molar refractivity (Wildman–Crippen MR) is 176 cm³/mol. The number of carbonyl (C=O) groups is 2. The zero-order valence-corrected chi connectivity index (χ0v) is 30.8. The van der Waals surface area contributed by atoms with Crippen LogP contribution in [-0.2, 0) is 38.0 Å². The smallest absolute Gasteiger partial charge is 0.331 e. The number of hydrogen-bond acceptors (Lipinski definition) is 10. The molecule has 4 aliphatic heterocycles. The molecule has 0 saturated carbocycles. The number of hydrogen-bond donors (Lipinski definition) is 0. The van der Waals surface area contributed by atoms with E-state index in [0.717, 1.165) is 50.7 Å². The van der Waals surface area contributed by atoms with Crippen LogP contribution in [0.3, 0.4) is 0 Å². The highest BCUT2D eigenvalue weighted by Crippen LogP contribution is 2.49. The summed E-state index contributed by atoms with van der Waals surface area (Å²) in [7, 11) is 4.31. The summed E-state index contributed by atoms with van der Waals surface area (Å²) in [6.07, 6.45) is 6.75. The van der Waals surface area contributed by atoms with Crippen LogP contribution in [0, 0.1) is 10.8 Å². The highest BCUT2D eigenvalue weighted by molar-refractivity contribution is 5.91. The average Bonchev–Trinajstić information content (AvgIpc) is 2.97. The van der Waals surface area contributed by atoms with Crippen molar-refractivity contribution in [2.24, 2.45) is 10.8 Å². The fraction of sp³-hybridized carbons (Fsp3) is 0.889. The quantitative estimate of drug-likeness (QED) is 0.249. The molecule has 0 unspecified atom stereocenters. The molecule has 0 radical (unpaired) electrons. The number of ether oxygens (including phenoxy) is 6. The molecule has 46 heavy (non-hydrogen) atoms.